The number of pyridine rings is 1. The first kappa shape index (κ1) is 17.8. The van der Waals surface area contributed by atoms with E-state index in [2.05, 4.69) is 77.7 Å². The van der Waals surface area contributed by atoms with Crippen LogP contribution in [0.3, 0.4) is 0 Å². The van der Waals surface area contributed by atoms with Gasteiger partial charge in [0, 0.05) is 18.8 Å². The summed E-state index contributed by atoms with van der Waals surface area (Å²) in [7, 11) is 0. The number of aryl methyl sites for hydroxylation is 4. The number of benzene rings is 2. The average Bonchev–Trinajstić information content (AvgIpc) is 3.27. The molecule has 0 aliphatic carbocycles. The maximum absolute atomic E-state index is 5.01. The van der Waals surface area contributed by atoms with Gasteiger partial charge < -0.3 is 4.90 Å². The lowest BCUT2D eigenvalue weighted by Gasteiger charge is -2.19. The summed E-state index contributed by atoms with van der Waals surface area (Å²) in [4.78, 5) is 7.47. The fraction of sp³-hybridized carbons (Fsp3) is 0.320. The molecule has 1 fully saturated rings. The van der Waals surface area contributed by atoms with E-state index in [9.17, 15) is 0 Å². The highest BCUT2D eigenvalue weighted by Crippen LogP contribution is 2.22. The van der Waals surface area contributed by atoms with E-state index in [4.69, 9.17) is 4.98 Å². The second-order valence-electron chi connectivity index (χ2n) is 7.49. The molecule has 2 aromatic carbocycles. The number of nitrogens with zero attached hydrogens (tertiary/aromatic N) is 2. The molecule has 0 atom stereocenters. The zero-order chi connectivity index (χ0) is 18.3. The Bertz CT molecular complexity index is 775. The fourth-order valence-electron chi connectivity index (χ4n) is 3.86. The van der Waals surface area contributed by atoms with E-state index in [0.717, 1.165) is 38.8 Å². The first-order valence-corrected chi connectivity index (χ1v) is 10.2. The summed E-state index contributed by atoms with van der Waals surface area (Å²) in [5.41, 5.74) is 5.43. The van der Waals surface area contributed by atoms with Gasteiger partial charge in [-0.25, -0.2) is 4.98 Å². The lowest BCUT2D eigenvalue weighted by Crippen LogP contribution is -2.20. The van der Waals surface area contributed by atoms with Gasteiger partial charge in [0.1, 0.15) is 5.82 Å². The first-order valence-electron chi connectivity index (χ1n) is 10.2. The summed E-state index contributed by atoms with van der Waals surface area (Å²) >= 11 is 0. The van der Waals surface area contributed by atoms with E-state index in [1.165, 1.54) is 41.0 Å². The largest absolute Gasteiger partial charge is 0.357 e. The van der Waals surface area contributed by atoms with Crippen LogP contribution in [0.2, 0.25) is 0 Å². The van der Waals surface area contributed by atoms with Gasteiger partial charge in [0.05, 0.1) is 0 Å². The van der Waals surface area contributed by atoms with Crippen LogP contribution in [0.25, 0.3) is 0 Å². The van der Waals surface area contributed by atoms with Crippen molar-refractivity contribution in [2.45, 2.75) is 38.5 Å². The van der Waals surface area contributed by atoms with Crippen molar-refractivity contribution in [3.8, 4) is 0 Å². The Hall–Kier alpha value is -2.61. The van der Waals surface area contributed by atoms with E-state index < -0.39 is 0 Å². The van der Waals surface area contributed by atoms with Crippen molar-refractivity contribution in [3.63, 3.8) is 0 Å². The zero-order valence-electron chi connectivity index (χ0n) is 16.0. The van der Waals surface area contributed by atoms with Crippen LogP contribution in [0, 0.1) is 0 Å². The van der Waals surface area contributed by atoms with Gasteiger partial charge in [-0.05, 0) is 67.3 Å². The molecule has 0 radical (unpaired) electrons. The fourth-order valence-corrected chi connectivity index (χ4v) is 3.86. The van der Waals surface area contributed by atoms with E-state index >= 15 is 0 Å². The van der Waals surface area contributed by atoms with Crippen molar-refractivity contribution >= 4 is 5.82 Å². The Morgan fingerprint density at radius 2 is 1.19 bits per heavy atom. The molecule has 4 rings (SSSR count). The van der Waals surface area contributed by atoms with Crippen LogP contribution >= 0.6 is 0 Å². The predicted octanol–water partition coefficient (Wildman–Crippen LogP) is 5.25. The van der Waals surface area contributed by atoms with Crippen LogP contribution < -0.4 is 4.90 Å². The van der Waals surface area contributed by atoms with E-state index in [1.807, 2.05) is 0 Å². The Morgan fingerprint density at radius 3 is 1.81 bits per heavy atom. The van der Waals surface area contributed by atoms with Crippen molar-refractivity contribution < 1.29 is 0 Å². The van der Waals surface area contributed by atoms with Gasteiger partial charge in [0.25, 0.3) is 0 Å². The summed E-state index contributed by atoms with van der Waals surface area (Å²) in [6.45, 7) is 2.29. The minimum Gasteiger partial charge on any atom is -0.357 e. The highest BCUT2D eigenvalue weighted by Gasteiger charge is 2.15. The predicted molar refractivity (Wildman–Crippen MR) is 113 cm³/mol. The van der Waals surface area contributed by atoms with Gasteiger partial charge in [0.2, 0.25) is 0 Å². The summed E-state index contributed by atoms with van der Waals surface area (Å²) in [5, 5.41) is 0. The van der Waals surface area contributed by atoms with Crippen molar-refractivity contribution in [2.75, 3.05) is 18.0 Å². The number of rotatable bonds is 7. The molecule has 0 unspecified atom stereocenters. The highest BCUT2D eigenvalue weighted by molar-refractivity contribution is 5.44. The average molecular weight is 357 g/mol. The number of hydrogen-bond acceptors (Lipinski definition) is 2. The minimum atomic E-state index is 1.00. The van der Waals surface area contributed by atoms with Crippen LogP contribution in [0.15, 0.2) is 72.8 Å². The van der Waals surface area contributed by atoms with E-state index in [0.29, 0.717) is 0 Å². The first-order chi connectivity index (χ1) is 13.4. The second kappa shape index (κ2) is 8.85. The van der Waals surface area contributed by atoms with Crippen LogP contribution in [0.4, 0.5) is 5.82 Å². The maximum Gasteiger partial charge on any atom is 0.129 e. The molecule has 2 heterocycles. The highest BCUT2D eigenvalue weighted by atomic mass is 15.2. The van der Waals surface area contributed by atoms with Gasteiger partial charge in [-0.2, -0.15) is 0 Å². The normalized spacial score (nSPS) is 13.9. The molecule has 138 valence electrons. The zero-order valence-corrected chi connectivity index (χ0v) is 16.0. The quantitative estimate of drug-likeness (QED) is 0.574. The van der Waals surface area contributed by atoms with Crippen LogP contribution in [-0.4, -0.2) is 18.1 Å². The van der Waals surface area contributed by atoms with Crippen LogP contribution in [-0.2, 0) is 25.7 Å². The van der Waals surface area contributed by atoms with Crippen molar-refractivity contribution in [3.05, 3.63) is 95.2 Å². The number of aromatic nitrogens is 1. The Morgan fingerprint density at radius 1 is 0.630 bits per heavy atom. The molecule has 1 aliphatic rings. The molecule has 1 aliphatic heterocycles. The molecule has 3 aromatic rings. The third kappa shape index (κ3) is 4.97. The third-order valence-corrected chi connectivity index (χ3v) is 5.41. The van der Waals surface area contributed by atoms with Gasteiger partial charge in [-0.15, -0.1) is 0 Å². The lowest BCUT2D eigenvalue weighted by molar-refractivity contribution is 0.862. The van der Waals surface area contributed by atoms with E-state index in [-0.39, 0.29) is 0 Å². The smallest absolute Gasteiger partial charge is 0.129 e. The van der Waals surface area contributed by atoms with Crippen LogP contribution in [0.5, 0.6) is 0 Å². The molecule has 2 heteroatoms. The Balaban J connectivity index is 1.51. The Labute approximate surface area is 162 Å². The molecule has 0 saturated carbocycles. The van der Waals surface area contributed by atoms with Crippen molar-refractivity contribution in [2.24, 2.45) is 0 Å². The summed E-state index contributed by atoms with van der Waals surface area (Å²) in [6.07, 6.45) is 6.79. The molecule has 0 spiro atoms. The molecule has 0 N–H and O–H groups in total. The topological polar surface area (TPSA) is 16.1 Å². The summed E-state index contributed by atoms with van der Waals surface area (Å²) in [5.74, 6) is 1.18. The summed E-state index contributed by atoms with van der Waals surface area (Å²) in [6, 6.07) is 26.2. The second-order valence-corrected chi connectivity index (χ2v) is 7.49. The van der Waals surface area contributed by atoms with Gasteiger partial charge in [-0.3, -0.25) is 0 Å². The SMILES string of the molecule is c1ccc(CCc2cc(CCc3ccccc3)nc(N3CCCC3)c2)cc1. The standard InChI is InChI=1S/C25H28N2/c1-3-9-21(10-4-1)13-14-23-19-24(16-15-22-11-5-2-6-12-22)26-25(20-23)27-17-7-8-18-27/h1-6,9-12,19-20H,7-8,13-18H2. The van der Waals surface area contributed by atoms with Crippen molar-refractivity contribution in [1.29, 1.82) is 0 Å². The molecule has 1 aromatic heterocycles. The third-order valence-electron chi connectivity index (χ3n) is 5.41. The molecule has 0 bridgehead atoms. The molecule has 2 nitrogen and oxygen atoms in total. The number of hydrogen-bond donors (Lipinski definition) is 0. The monoisotopic (exact) mass is 356 g/mol. The lowest BCUT2D eigenvalue weighted by atomic mass is 10.0. The summed E-state index contributed by atoms with van der Waals surface area (Å²) < 4.78 is 0. The molecule has 0 amide bonds. The number of anilines is 1. The van der Waals surface area contributed by atoms with E-state index in [1.54, 1.807) is 0 Å². The maximum atomic E-state index is 5.01. The molecular formula is C25H28N2. The van der Waals surface area contributed by atoms with Gasteiger partial charge >= 0.3 is 0 Å². The van der Waals surface area contributed by atoms with Gasteiger partial charge in [-0.1, -0.05) is 60.7 Å². The Kier molecular flexibility index (Phi) is 5.83. The van der Waals surface area contributed by atoms with Crippen molar-refractivity contribution in [1.82, 2.24) is 4.98 Å². The molecule has 1 saturated heterocycles. The van der Waals surface area contributed by atoms with Crippen LogP contribution in [0.1, 0.15) is 35.2 Å². The molecular weight excluding hydrogens is 328 g/mol. The van der Waals surface area contributed by atoms with Gasteiger partial charge in [0.15, 0.2) is 0 Å². The minimum absolute atomic E-state index is 1.00. The molecule has 27 heavy (non-hydrogen) atoms.